The number of hydrogen-bond acceptors (Lipinski definition) is 2. The Labute approximate surface area is 58.6 Å². The van der Waals surface area contributed by atoms with Gasteiger partial charge in [-0.1, -0.05) is 0 Å². The predicted octanol–water partition coefficient (Wildman–Crippen LogP) is 1.28. The molecule has 0 aromatic carbocycles. The average Bonchev–Trinajstić information content (AvgIpc) is 2.63. The highest BCUT2D eigenvalue weighted by molar-refractivity contribution is 6.18. The van der Waals surface area contributed by atoms with Crippen molar-refractivity contribution in [2.45, 2.75) is 6.42 Å². The Balaban J connectivity index is 2.64. The van der Waals surface area contributed by atoms with Gasteiger partial charge in [0, 0.05) is 11.8 Å². The van der Waals surface area contributed by atoms with E-state index >= 15 is 0 Å². The van der Waals surface area contributed by atoms with Crippen LogP contribution < -0.4 is 0 Å². The molecule has 1 aliphatic carbocycles. The topological polar surface area (TPSA) is 47.6 Å². The second-order valence-corrected chi connectivity index (χ2v) is 2.56. The molecule has 0 saturated heterocycles. The van der Waals surface area contributed by atoms with E-state index < -0.39 is 5.41 Å². The Bertz CT molecular complexity index is 184. The summed E-state index contributed by atoms with van der Waals surface area (Å²) in [5.41, 5.74) is -0.720. The number of nitrogens with zero attached hydrogens (tertiary/aromatic N) is 2. The molecule has 1 saturated carbocycles. The van der Waals surface area contributed by atoms with Gasteiger partial charge in [-0.2, -0.15) is 10.5 Å². The van der Waals surface area contributed by atoms with Crippen molar-refractivity contribution in [2.75, 3.05) is 5.88 Å². The zero-order valence-corrected chi connectivity index (χ0v) is 5.52. The number of rotatable bonds is 1. The standard InChI is InChI=1S/C6H5ClN2/c7-2-5-1-6(5,3-8)4-9/h5H,1-2H2. The molecule has 0 radical (unpaired) electrons. The molecule has 0 aromatic rings. The minimum absolute atomic E-state index is 0.120. The summed E-state index contributed by atoms with van der Waals surface area (Å²) in [6.45, 7) is 0. The van der Waals surface area contributed by atoms with Crippen molar-refractivity contribution in [1.82, 2.24) is 0 Å². The molecular weight excluding hydrogens is 136 g/mol. The molecule has 3 heteroatoms. The number of hydrogen-bond donors (Lipinski definition) is 0. The van der Waals surface area contributed by atoms with E-state index in [1.54, 1.807) is 0 Å². The summed E-state index contributed by atoms with van der Waals surface area (Å²) in [5.74, 6) is 0.551. The van der Waals surface area contributed by atoms with Crippen molar-refractivity contribution in [3.8, 4) is 12.1 Å². The summed E-state index contributed by atoms with van der Waals surface area (Å²) in [6.07, 6.45) is 0.656. The average molecular weight is 141 g/mol. The van der Waals surface area contributed by atoms with Crippen molar-refractivity contribution >= 4 is 11.6 Å². The fraction of sp³-hybridized carbons (Fsp3) is 0.667. The lowest BCUT2D eigenvalue weighted by Gasteiger charge is -1.88. The fourth-order valence-electron chi connectivity index (χ4n) is 0.815. The van der Waals surface area contributed by atoms with Gasteiger partial charge in [0.1, 0.15) is 5.41 Å². The number of halogens is 1. The monoisotopic (exact) mass is 140 g/mol. The van der Waals surface area contributed by atoms with E-state index in [0.29, 0.717) is 12.3 Å². The van der Waals surface area contributed by atoms with Crippen molar-refractivity contribution in [3.63, 3.8) is 0 Å². The summed E-state index contributed by atoms with van der Waals surface area (Å²) < 4.78 is 0. The lowest BCUT2D eigenvalue weighted by Crippen LogP contribution is -1.96. The second-order valence-electron chi connectivity index (χ2n) is 2.25. The largest absolute Gasteiger partial charge is 0.197 e. The summed E-state index contributed by atoms with van der Waals surface area (Å²) in [4.78, 5) is 0. The third-order valence-corrected chi connectivity index (χ3v) is 2.06. The zero-order chi connectivity index (χ0) is 6.91. The molecule has 0 aromatic heterocycles. The maximum Gasteiger partial charge on any atom is 0.148 e. The number of nitriles is 2. The van der Waals surface area contributed by atoms with E-state index in [1.165, 1.54) is 0 Å². The van der Waals surface area contributed by atoms with E-state index in [-0.39, 0.29) is 5.92 Å². The van der Waals surface area contributed by atoms with Crippen LogP contribution in [0, 0.1) is 34.0 Å². The first-order chi connectivity index (χ1) is 4.29. The summed E-state index contributed by atoms with van der Waals surface area (Å²) in [6, 6.07) is 3.92. The maximum atomic E-state index is 8.43. The Morgan fingerprint density at radius 3 is 2.22 bits per heavy atom. The van der Waals surface area contributed by atoms with E-state index in [2.05, 4.69) is 0 Å². The van der Waals surface area contributed by atoms with Gasteiger partial charge >= 0.3 is 0 Å². The molecule has 1 unspecified atom stereocenters. The van der Waals surface area contributed by atoms with Gasteiger partial charge in [-0.3, -0.25) is 0 Å². The van der Waals surface area contributed by atoms with Crippen molar-refractivity contribution in [1.29, 1.82) is 10.5 Å². The molecule has 1 aliphatic rings. The van der Waals surface area contributed by atoms with Crippen molar-refractivity contribution in [3.05, 3.63) is 0 Å². The minimum Gasteiger partial charge on any atom is -0.197 e. The Kier molecular flexibility index (Phi) is 1.35. The van der Waals surface area contributed by atoms with E-state index in [1.807, 2.05) is 12.1 Å². The molecule has 0 aliphatic heterocycles. The summed E-state index contributed by atoms with van der Waals surface area (Å²) >= 11 is 5.44. The molecule has 1 fully saturated rings. The van der Waals surface area contributed by atoms with Crippen LogP contribution in [-0.2, 0) is 0 Å². The fourth-order valence-corrected chi connectivity index (χ4v) is 1.19. The molecule has 9 heavy (non-hydrogen) atoms. The first-order valence-electron chi connectivity index (χ1n) is 2.67. The van der Waals surface area contributed by atoms with Gasteiger partial charge in [-0.25, -0.2) is 0 Å². The predicted molar refractivity (Wildman–Crippen MR) is 32.5 cm³/mol. The van der Waals surface area contributed by atoms with Crippen LogP contribution in [0.1, 0.15) is 6.42 Å². The second kappa shape index (κ2) is 1.90. The van der Waals surface area contributed by atoms with Crippen molar-refractivity contribution in [2.24, 2.45) is 11.3 Å². The van der Waals surface area contributed by atoms with Crippen LogP contribution in [0.25, 0.3) is 0 Å². The van der Waals surface area contributed by atoms with Crippen LogP contribution in [0.15, 0.2) is 0 Å². The van der Waals surface area contributed by atoms with Crippen LogP contribution in [-0.4, -0.2) is 5.88 Å². The van der Waals surface area contributed by atoms with Gasteiger partial charge < -0.3 is 0 Å². The molecule has 1 atom stereocenters. The van der Waals surface area contributed by atoms with Crippen LogP contribution in [0.2, 0.25) is 0 Å². The van der Waals surface area contributed by atoms with Crippen LogP contribution in [0.3, 0.4) is 0 Å². The molecule has 2 nitrogen and oxygen atoms in total. The molecule has 0 amide bonds. The lowest BCUT2D eigenvalue weighted by atomic mass is 10.1. The first kappa shape index (κ1) is 6.39. The smallest absolute Gasteiger partial charge is 0.148 e. The first-order valence-corrected chi connectivity index (χ1v) is 3.21. The number of alkyl halides is 1. The van der Waals surface area contributed by atoms with Crippen molar-refractivity contribution < 1.29 is 0 Å². The van der Waals surface area contributed by atoms with E-state index in [9.17, 15) is 0 Å². The highest BCUT2D eigenvalue weighted by Gasteiger charge is 2.55. The molecule has 0 N–H and O–H groups in total. The Morgan fingerprint density at radius 1 is 1.56 bits per heavy atom. The van der Waals surface area contributed by atoms with Crippen LogP contribution in [0.4, 0.5) is 0 Å². The minimum atomic E-state index is -0.720. The molecule has 0 bridgehead atoms. The van der Waals surface area contributed by atoms with E-state index in [4.69, 9.17) is 22.1 Å². The van der Waals surface area contributed by atoms with Crippen LogP contribution in [0.5, 0.6) is 0 Å². The SMILES string of the molecule is N#CC1(C#N)CC1CCl. The molecule has 46 valence electrons. The summed E-state index contributed by atoms with van der Waals surface area (Å²) in [5, 5.41) is 16.9. The molecule has 1 rings (SSSR count). The van der Waals surface area contributed by atoms with Gasteiger partial charge in [0.15, 0.2) is 0 Å². The third kappa shape index (κ3) is 0.763. The quantitative estimate of drug-likeness (QED) is 0.515. The molecular formula is C6H5ClN2. The third-order valence-electron chi connectivity index (χ3n) is 1.69. The van der Waals surface area contributed by atoms with Crippen LogP contribution >= 0.6 is 11.6 Å². The highest BCUT2D eigenvalue weighted by atomic mass is 35.5. The van der Waals surface area contributed by atoms with Gasteiger partial charge in [-0.05, 0) is 6.42 Å². The van der Waals surface area contributed by atoms with Gasteiger partial charge in [0.2, 0.25) is 0 Å². The van der Waals surface area contributed by atoms with Gasteiger partial charge in [0.05, 0.1) is 12.1 Å². The van der Waals surface area contributed by atoms with Gasteiger partial charge in [-0.15, -0.1) is 11.6 Å². The normalized spacial score (nSPS) is 28.1. The lowest BCUT2D eigenvalue weighted by molar-refractivity contribution is 0.781. The van der Waals surface area contributed by atoms with Gasteiger partial charge in [0.25, 0.3) is 0 Å². The maximum absolute atomic E-state index is 8.43. The molecule has 0 heterocycles. The molecule has 0 spiro atoms. The summed E-state index contributed by atoms with van der Waals surface area (Å²) in [7, 11) is 0. The Hall–Kier alpha value is -0.730. The highest BCUT2D eigenvalue weighted by Crippen LogP contribution is 2.51. The van der Waals surface area contributed by atoms with E-state index in [0.717, 1.165) is 0 Å². The Morgan fingerprint density at radius 2 is 2.11 bits per heavy atom. The zero-order valence-electron chi connectivity index (χ0n) is 4.76.